The highest BCUT2D eigenvalue weighted by atomic mass is 32.2. The second kappa shape index (κ2) is 7.03. The quantitative estimate of drug-likeness (QED) is 0.811. The fourth-order valence-electron chi connectivity index (χ4n) is 2.06. The van der Waals surface area contributed by atoms with Crippen LogP contribution in [0.1, 0.15) is 52.9 Å². The summed E-state index contributed by atoms with van der Waals surface area (Å²) < 4.78 is 9.11. The average Bonchev–Trinajstić information content (AvgIpc) is 2.34. The van der Waals surface area contributed by atoms with Gasteiger partial charge in [0.05, 0.1) is 12.1 Å². The Kier molecular flexibility index (Phi) is 5.97. The molecule has 110 valence electrons. The molecule has 1 aliphatic rings. The number of hydrogen-bond donors (Lipinski definition) is 1. The maximum absolute atomic E-state index is 12.1. The standard InChI is InChI=1S/C13H24N2O3S/c1-13(2,3)18-12(17)14-19-15(4)11(16)10-8-6-5-7-9-10/h10H,5-9H2,1-4H3,(H,14,17). The van der Waals surface area contributed by atoms with Crippen LogP contribution in [-0.2, 0) is 9.53 Å². The van der Waals surface area contributed by atoms with Gasteiger partial charge in [-0.25, -0.2) is 9.52 Å². The lowest BCUT2D eigenvalue weighted by molar-refractivity contribution is -0.130. The van der Waals surface area contributed by atoms with Gasteiger partial charge in [0.15, 0.2) is 0 Å². The molecule has 0 saturated heterocycles. The summed E-state index contributed by atoms with van der Waals surface area (Å²) in [7, 11) is 1.68. The van der Waals surface area contributed by atoms with Gasteiger partial charge in [-0.05, 0) is 33.6 Å². The molecule has 1 rings (SSSR count). The molecule has 0 aromatic heterocycles. The summed E-state index contributed by atoms with van der Waals surface area (Å²) in [6.45, 7) is 5.40. The van der Waals surface area contributed by atoms with Gasteiger partial charge in [-0.1, -0.05) is 19.3 Å². The minimum atomic E-state index is -0.531. The average molecular weight is 288 g/mol. The van der Waals surface area contributed by atoms with Crippen molar-refractivity contribution in [1.82, 2.24) is 9.03 Å². The molecule has 0 unspecified atom stereocenters. The lowest BCUT2D eigenvalue weighted by atomic mass is 9.89. The van der Waals surface area contributed by atoms with Gasteiger partial charge in [-0.3, -0.25) is 9.10 Å². The number of rotatable bonds is 3. The molecule has 0 bridgehead atoms. The molecule has 6 heteroatoms. The zero-order valence-corrected chi connectivity index (χ0v) is 13.0. The maximum atomic E-state index is 12.1. The van der Waals surface area contributed by atoms with Crippen LogP contribution in [0.4, 0.5) is 4.79 Å². The Morgan fingerprint density at radius 3 is 2.32 bits per heavy atom. The largest absolute Gasteiger partial charge is 0.443 e. The van der Waals surface area contributed by atoms with E-state index in [1.54, 1.807) is 27.8 Å². The Labute approximate surface area is 119 Å². The Bertz CT molecular complexity index is 322. The van der Waals surface area contributed by atoms with Crippen LogP contribution in [0.15, 0.2) is 0 Å². The van der Waals surface area contributed by atoms with Crippen LogP contribution >= 0.6 is 12.1 Å². The Morgan fingerprint density at radius 1 is 1.21 bits per heavy atom. The van der Waals surface area contributed by atoms with Crippen molar-refractivity contribution in [3.8, 4) is 0 Å². The van der Waals surface area contributed by atoms with E-state index in [2.05, 4.69) is 4.72 Å². The van der Waals surface area contributed by atoms with Crippen molar-refractivity contribution < 1.29 is 14.3 Å². The van der Waals surface area contributed by atoms with Gasteiger partial charge in [-0.2, -0.15) is 0 Å². The molecule has 0 aromatic rings. The highest BCUT2D eigenvalue weighted by Gasteiger charge is 2.25. The van der Waals surface area contributed by atoms with E-state index in [-0.39, 0.29) is 11.8 Å². The van der Waals surface area contributed by atoms with Crippen molar-refractivity contribution in [2.24, 2.45) is 5.92 Å². The van der Waals surface area contributed by atoms with E-state index in [9.17, 15) is 9.59 Å². The number of amides is 2. The first-order chi connectivity index (χ1) is 8.79. The second-order valence-corrected chi connectivity index (χ2v) is 6.80. The van der Waals surface area contributed by atoms with Gasteiger partial charge < -0.3 is 4.74 Å². The number of nitrogens with one attached hydrogen (secondary N) is 1. The summed E-state index contributed by atoms with van der Waals surface area (Å²) in [5.74, 6) is 0.187. The molecule has 2 amide bonds. The molecule has 1 saturated carbocycles. The van der Waals surface area contributed by atoms with E-state index in [1.807, 2.05) is 0 Å². The smallest absolute Gasteiger partial charge is 0.419 e. The van der Waals surface area contributed by atoms with Gasteiger partial charge in [0.1, 0.15) is 5.60 Å². The van der Waals surface area contributed by atoms with E-state index >= 15 is 0 Å². The van der Waals surface area contributed by atoms with Gasteiger partial charge in [0, 0.05) is 13.0 Å². The fraction of sp³-hybridized carbons (Fsp3) is 0.846. The third-order valence-electron chi connectivity index (χ3n) is 2.93. The summed E-state index contributed by atoms with van der Waals surface area (Å²) in [6.07, 6.45) is 4.84. The van der Waals surface area contributed by atoms with Gasteiger partial charge >= 0.3 is 6.09 Å². The van der Waals surface area contributed by atoms with Gasteiger partial charge in [0.2, 0.25) is 5.91 Å². The Hall–Kier alpha value is -0.910. The van der Waals surface area contributed by atoms with Crippen LogP contribution in [0, 0.1) is 5.92 Å². The van der Waals surface area contributed by atoms with E-state index in [4.69, 9.17) is 4.74 Å². The first kappa shape index (κ1) is 16.1. The van der Waals surface area contributed by atoms with Gasteiger partial charge in [-0.15, -0.1) is 0 Å². The molecule has 1 N–H and O–H groups in total. The Balaban J connectivity index is 2.31. The molecule has 1 fully saturated rings. The van der Waals surface area contributed by atoms with E-state index in [0.717, 1.165) is 37.8 Å². The predicted molar refractivity (Wildman–Crippen MR) is 76.3 cm³/mol. The SMILES string of the molecule is CN(SNC(=O)OC(C)(C)C)C(=O)C1CCCCC1. The van der Waals surface area contributed by atoms with Crippen LogP contribution in [-0.4, -0.2) is 29.0 Å². The Morgan fingerprint density at radius 2 is 1.79 bits per heavy atom. The molecule has 1 aliphatic carbocycles. The lowest BCUT2D eigenvalue weighted by Gasteiger charge is -2.26. The summed E-state index contributed by atoms with van der Waals surface area (Å²) >= 11 is 0.986. The van der Waals surface area contributed by atoms with Crippen molar-refractivity contribution in [1.29, 1.82) is 0 Å². The monoisotopic (exact) mass is 288 g/mol. The number of carbonyl (C=O) groups is 2. The molecule has 0 heterocycles. The molecule has 0 aromatic carbocycles. The van der Waals surface area contributed by atoms with Crippen LogP contribution < -0.4 is 4.72 Å². The molecule has 0 atom stereocenters. The van der Waals surface area contributed by atoms with Crippen molar-refractivity contribution >= 4 is 24.1 Å². The van der Waals surface area contributed by atoms with Crippen molar-refractivity contribution in [3.05, 3.63) is 0 Å². The summed E-state index contributed by atoms with van der Waals surface area (Å²) in [4.78, 5) is 23.6. The number of carbonyl (C=O) groups excluding carboxylic acids is 2. The van der Waals surface area contributed by atoms with Crippen molar-refractivity contribution in [2.75, 3.05) is 7.05 Å². The minimum absolute atomic E-state index is 0.0840. The molecule has 5 nitrogen and oxygen atoms in total. The first-order valence-electron chi connectivity index (χ1n) is 6.73. The van der Waals surface area contributed by atoms with Gasteiger partial charge in [0.25, 0.3) is 0 Å². The lowest BCUT2D eigenvalue weighted by Crippen LogP contribution is -2.35. The van der Waals surface area contributed by atoms with Crippen LogP contribution in [0.5, 0.6) is 0 Å². The maximum Gasteiger partial charge on any atom is 0.419 e. The van der Waals surface area contributed by atoms with Crippen LogP contribution in [0.2, 0.25) is 0 Å². The highest BCUT2D eigenvalue weighted by molar-refractivity contribution is 7.96. The molecule has 19 heavy (non-hydrogen) atoms. The van der Waals surface area contributed by atoms with Crippen molar-refractivity contribution in [2.45, 2.75) is 58.5 Å². The topological polar surface area (TPSA) is 58.6 Å². The van der Waals surface area contributed by atoms with E-state index < -0.39 is 11.7 Å². The molecule has 0 aliphatic heterocycles. The minimum Gasteiger partial charge on any atom is -0.443 e. The van der Waals surface area contributed by atoms with Crippen LogP contribution in [0.25, 0.3) is 0 Å². The first-order valence-corrected chi connectivity index (χ1v) is 7.50. The van der Waals surface area contributed by atoms with Crippen LogP contribution in [0.3, 0.4) is 0 Å². The summed E-state index contributed by atoms with van der Waals surface area (Å²) in [6, 6.07) is 0. The summed E-state index contributed by atoms with van der Waals surface area (Å²) in [5, 5.41) is 0. The fourth-order valence-corrected chi connectivity index (χ4v) is 2.55. The summed E-state index contributed by atoms with van der Waals surface area (Å²) in [5.41, 5.74) is -0.531. The normalized spacial score (nSPS) is 16.8. The number of nitrogens with zero attached hydrogens (tertiary/aromatic N) is 1. The van der Waals surface area contributed by atoms with E-state index in [0.29, 0.717) is 0 Å². The second-order valence-electron chi connectivity index (χ2n) is 5.87. The van der Waals surface area contributed by atoms with E-state index in [1.165, 1.54) is 10.7 Å². The molecule has 0 spiro atoms. The molecular weight excluding hydrogens is 264 g/mol. The predicted octanol–water partition coefficient (Wildman–Crippen LogP) is 3.11. The zero-order chi connectivity index (χ0) is 14.5. The third kappa shape index (κ3) is 6.18. The number of hydrogen-bond acceptors (Lipinski definition) is 4. The van der Waals surface area contributed by atoms with Crippen molar-refractivity contribution in [3.63, 3.8) is 0 Å². The molecule has 0 radical (unpaired) electrons. The highest BCUT2D eigenvalue weighted by Crippen LogP contribution is 2.26. The third-order valence-corrected chi connectivity index (χ3v) is 3.64. The zero-order valence-electron chi connectivity index (χ0n) is 12.2. The number of ether oxygens (including phenoxy) is 1. The molecular formula is C13H24N2O3S.